The number of carbonyl (C=O) groups is 1. The van der Waals surface area contributed by atoms with Gasteiger partial charge in [0.05, 0.1) is 35.1 Å². The first-order valence-corrected chi connectivity index (χ1v) is 15.3. The first-order valence-electron chi connectivity index (χ1n) is 14.1. The number of benzene rings is 3. The molecule has 9 nitrogen and oxygen atoms in total. The molecular weight excluding hydrogens is 604 g/mol. The zero-order valence-corrected chi connectivity index (χ0v) is 25.9. The molecule has 3 heterocycles. The molecule has 2 aliphatic heterocycles. The van der Waals surface area contributed by atoms with Crippen LogP contribution in [0.15, 0.2) is 81.7 Å². The van der Waals surface area contributed by atoms with Crippen molar-refractivity contribution in [3.8, 4) is 23.0 Å². The summed E-state index contributed by atoms with van der Waals surface area (Å²) in [5, 5.41) is 0.660. The third kappa shape index (κ3) is 5.82. The van der Waals surface area contributed by atoms with E-state index in [1.54, 1.807) is 36.6 Å². The zero-order chi connectivity index (χ0) is 30.8. The van der Waals surface area contributed by atoms with Gasteiger partial charge in [0.15, 0.2) is 27.8 Å². The second-order valence-corrected chi connectivity index (χ2v) is 11.4. The maximum absolute atomic E-state index is 14.0. The molecule has 0 saturated carbocycles. The molecule has 226 valence electrons. The van der Waals surface area contributed by atoms with Gasteiger partial charge >= 0.3 is 5.97 Å². The molecule has 11 heteroatoms. The smallest absolute Gasteiger partial charge is 0.338 e. The average molecular weight is 633 g/mol. The van der Waals surface area contributed by atoms with Crippen LogP contribution in [0.5, 0.6) is 23.0 Å². The third-order valence-corrected chi connectivity index (χ3v) is 8.34. The fraction of sp³-hybridized carbons (Fsp3) is 0.242. The molecule has 0 aliphatic carbocycles. The van der Waals surface area contributed by atoms with Gasteiger partial charge in [-0.1, -0.05) is 47.2 Å². The van der Waals surface area contributed by atoms with Crippen molar-refractivity contribution in [1.82, 2.24) is 4.57 Å². The molecule has 0 unspecified atom stereocenters. The number of ether oxygens (including phenoxy) is 5. The molecule has 0 N–H and O–H groups in total. The molecule has 4 aromatic rings. The van der Waals surface area contributed by atoms with Gasteiger partial charge in [-0.05, 0) is 79.9 Å². The van der Waals surface area contributed by atoms with Gasteiger partial charge in [0, 0.05) is 5.02 Å². The van der Waals surface area contributed by atoms with E-state index >= 15 is 0 Å². The van der Waals surface area contributed by atoms with Crippen LogP contribution in [0.4, 0.5) is 0 Å². The van der Waals surface area contributed by atoms with Crippen LogP contribution in [-0.2, 0) is 16.1 Å². The molecule has 1 aromatic heterocycles. The van der Waals surface area contributed by atoms with Gasteiger partial charge in [-0.3, -0.25) is 9.36 Å². The first kappa shape index (κ1) is 29.5. The summed E-state index contributed by atoms with van der Waals surface area (Å²) in [6.07, 6.45) is 1.79. The van der Waals surface area contributed by atoms with Crippen molar-refractivity contribution < 1.29 is 28.5 Å². The lowest BCUT2D eigenvalue weighted by Crippen LogP contribution is -2.39. The second-order valence-electron chi connectivity index (χ2n) is 9.97. The average Bonchev–Trinajstić information content (AvgIpc) is 3.60. The number of hydrogen-bond acceptors (Lipinski definition) is 9. The maximum atomic E-state index is 14.0. The maximum Gasteiger partial charge on any atom is 0.338 e. The number of esters is 1. The quantitative estimate of drug-likeness (QED) is 0.235. The van der Waals surface area contributed by atoms with Crippen LogP contribution in [0.3, 0.4) is 0 Å². The zero-order valence-electron chi connectivity index (χ0n) is 24.3. The van der Waals surface area contributed by atoms with Gasteiger partial charge in [0.1, 0.15) is 6.61 Å². The van der Waals surface area contributed by atoms with Crippen LogP contribution < -0.4 is 33.8 Å². The Morgan fingerprint density at radius 2 is 1.82 bits per heavy atom. The Bertz CT molecular complexity index is 1950. The van der Waals surface area contributed by atoms with E-state index in [9.17, 15) is 9.59 Å². The number of halogens is 1. The van der Waals surface area contributed by atoms with Gasteiger partial charge in [0.25, 0.3) is 5.56 Å². The Kier molecular flexibility index (Phi) is 8.45. The summed E-state index contributed by atoms with van der Waals surface area (Å²) in [6.45, 7) is 6.47. The number of thiazole rings is 1. The minimum atomic E-state index is -0.760. The van der Waals surface area contributed by atoms with Crippen molar-refractivity contribution in [2.75, 3.05) is 20.0 Å². The lowest BCUT2D eigenvalue weighted by Gasteiger charge is -2.24. The topological polar surface area (TPSA) is 97.6 Å². The molecule has 0 amide bonds. The van der Waals surface area contributed by atoms with Crippen LogP contribution in [0.25, 0.3) is 6.08 Å². The van der Waals surface area contributed by atoms with E-state index in [1.165, 1.54) is 11.3 Å². The largest absolute Gasteiger partial charge is 0.490 e. The van der Waals surface area contributed by atoms with Gasteiger partial charge in [-0.2, -0.15) is 0 Å². The summed E-state index contributed by atoms with van der Waals surface area (Å²) >= 11 is 7.24. The van der Waals surface area contributed by atoms with E-state index in [0.29, 0.717) is 67.4 Å². The number of carbonyl (C=O) groups excluding carboxylic acids is 1. The fourth-order valence-corrected chi connectivity index (χ4v) is 6.26. The van der Waals surface area contributed by atoms with E-state index < -0.39 is 12.0 Å². The van der Waals surface area contributed by atoms with E-state index in [-0.39, 0.29) is 19.0 Å². The molecule has 44 heavy (non-hydrogen) atoms. The van der Waals surface area contributed by atoms with Crippen molar-refractivity contribution in [2.45, 2.75) is 33.4 Å². The molecule has 0 saturated heterocycles. The van der Waals surface area contributed by atoms with Crippen LogP contribution in [0, 0.1) is 0 Å². The second kappa shape index (κ2) is 12.6. The summed E-state index contributed by atoms with van der Waals surface area (Å²) < 4.78 is 30.4. The minimum absolute atomic E-state index is 0.107. The molecule has 0 radical (unpaired) electrons. The molecule has 1 atom stereocenters. The Balaban J connectivity index is 1.39. The predicted octanol–water partition coefficient (Wildman–Crippen LogP) is 5.16. The summed E-state index contributed by atoms with van der Waals surface area (Å²) in [7, 11) is 0. The highest BCUT2D eigenvalue weighted by Gasteiger charge is 2.34. The number of nitrogens with zero attached hydrogens (tertiary/aromatic N) is 2. The third-order valence-electron chi connectivity index (χ3n) is 7.10. The monoisotopic (exact) mass is 632 g/mol. The van der Waals surface area contributed by atoms with Gasteiger partial charge in [-0.15, -0.1) is 0 Å². The van der Waals surface area contributed by atoms with Gasteiger partial charge in [0.2, 0.25) is 6.79 Å². The molecular formula is C33H29ClN2O7S. The van der Waals surface area contributed by atoms with Crippen LogP contribution in [0.1, 0.15) is 43.5 Å². The Morgan fingerprint density at radius 3 is 2.59 bits per heavy atom. The lowest BCUT2D eigenvalue weighted by atomic mass is 9.95. The summed E-state index contributed by atoms with van der Waals surface area (Å²) in [6, 6.07) is 17.6. The summed E-state index contributed by atoms with van der Waals surface area (Å²) in [4.78, 5) is 32.3. The van der Waals surface area contributed by atoms with E-state index in [0.717, 1.165) is 11.1 Å². The number of fused-ring (bicyclic) bond motifs is 2. The van der Waals surface area contributed by atoms with Crippen molar-refractivity contribution in [2.24, 2.45) is 4.99 Å². The first-order chi connectivity index (χ1) is 21.4. The molecule has 6 rings (SSSR count). The number of hydrogen-bond donors (Lipinski definition) is 0. The van der Waals surface area contributed by atoms with Crippen LogP contribution in [0.2, 0.25) is 5.02 Å². The van der Waals surface area contributed by atoms with Crippen LogP contribution >= 0.6 is 22.9 Å². The number of aromatic nitrogens is 1. The predicted molar refractivity (Wildman–Crippen MR) is 166 cm³/mol. The van der Waals surface area contributed by atoms with Crippen LogP contribution in [-0.4, -0.2) is 30.5 Å². The lowest BCUT2D eigenvalue weighted by molar-refractivity contribution is -0.139. The van der Waals surface area contributed by atoms with Crippen molar-refractivity contribution >= 4 is 35.0 Å². The van der Waals surface area contributed by atoms with Crippen molar-refractivity contribution in [3.05, 3.63) is 113 Å². The Hall–Kier alpha value is -4.54. The van der Waals surface area contributed by atoms with E-state index in [2.05, 4.69) is 4.99 Å². The Morgan fingerprint density at radius 1 is 1.02 bits per heavy atom. The molecule has 2 aliphatic rings. The molecule has 0 bridgehead atoms. The normalized spacial score (nSPS) is 15.5. The minimum Gasteiger partial charge on any atom is -0.490 e. The molecule has 0 fully saturated rings. The van der Waals surface area contributed by atoms with Crippen molar-refractivity contribution in [3.63, 3.8) is 0 Å². The van der Waals surface area contributed by atoms with E-state index in [4.69, 9.17) is 35.3 Å². The Labute approximate surface area is 262 Å². The standard InChI is InChI=1S/C33H29ClN2O7S/c1-4-39-26-14-21(8-12-24(26)41-17-20-6-10-23(34)11-7-20)15-28-31(37)36-30(22-9-13-25-27(16-22)43-18-42-25)29(32(38)40-5-2)19(3)35-33(36)44-28/h6-16,30H,4-5,17-18H2,1-3H3/b28-15-/t30-/m0/s1. The SMILES string of the molecule is CCOC(=O)C1=C(C)N=c2s/c(=C\c3ccc(OCc4ccc(Cl)cc4)c(OCC)c3)c(=O)n2[C@H]1c1ccc2c(c1)OCO2. The van der Waals surface area contributed by atoms with Gasteiger partial charge < -0.3 is 23.7 Å². The molecule has 0 spiro atoms. The van der Waals surface area contributed by atoms with Gasteiger partial charge in [-0.25, -0.2) is 9.79 Å². The number of rotatable bonds is 9. The van der Waals surface area contributed by atoms with Crippen molar-refractivity contribution in [1.29, 1.82) is 0 Å². The van der Waals surface area contributed by atoms with E-state index in [1.807, 2.05) is 55.5 Å². The summed E-state index contributed by atoms with van der Waals surface area (Å²) in [5.41, 5.74) is 2.90. The fourth-order valence-electron chi connectivity index (χ4n) is 5.09. The highest BCUT2D eigenvalue weighted by molar-refractivity contribution is 7.07. The highest BCUT2D eigenvalue weighted by Crippen LogP contribution is 2.38. The highest BCUT2D eigenvalue weighted by atomic mass is 35.5. The molecule has 3 aromatic carbocycles. The summed E-state index contributed by atoms with van der Waals surface area (Å²) in [5.74, 6) is 1.76. The number of allylic oxidation sites excluding steroid dienone is 1.